The monoisotopic (exact) mass is 1000 g/mol. The minimum absolute atomic E-state index is 0.00656. The van der Waals surface area contributed by atoms with Crippen LogP contribution in [0.15, 0.2) is 72.9 Å². The first-order chi connectivity index (χ1) is 33.8. The fourth-order valence-corrected chi connectivity index (χ4v) is 9.26. The van der Waals surface area contributed by atoms with Crippen LogP contribution in [0, 0.1) is 12.7 Å². The topological polar surface area (TPSA) is 143 Å². The summed E-state index contributed by atoms with van der Waals surface area (Å²) in [6.07, 6.45) is -1.11. The maximum atomic E-state index is 18.1. The first kappa shape index (κ1) is 50.7. The zero-order chi connectivity index (χ0) is 50.8. The number of carbonyl (C=O) groups excluding carboxylic acids is 1. The molecular formula is C52H56ClF4N7O7. The second-order valence-corrected chi connectivity index (χ2v) is 19.0. The number of ether oxygens (including phenoxy) is 6. The summed E-state index contributed by atoms with van der Waals surface area (Å²) in [6, 6.07) is 18.4. The number of carbonyl (C=O) groups is 1. The molecule has 1 N–H and O–H groups in total. The smallest absolute Gasteiger partial charge is 0.418 e. The molecule has 4 heterocycles. The number of hydrogen-bond donors (Lipinski definition) is 1. The molecule has 1 aliphatic heterocycles. The van der Waals surface area contributed by atoms with Gasteiger partial charge in [0, 0.05) is 38.4 Å². The second-order valence-electron chi connectivity index (χ2n) is 18.6. The van der Waals surface area contributed by atoms with Crippen LogP contribution in [0.5, 0.6) is 23.3 Å². The van der Waals surface area contributed by atoms with Gasteiger partial charge in [0.15, 0.2) is 11.6 Å². The number of amides is 1. The third-order valence-corrected chi connectivity index (χ3v) is 13.1. The van der Waals surface area contributed by atoms with E-state index >= 15 is 17.6 Å². The molecule has 0 bridgehead atoms. The lowest BCUT2D eigenvalue weighted by Crippen LogP contribution is -2.40. The normalized spacial score (nSPS) is 14.7. The van der Waals surface area contributed by atoms with Crippen LogP contribution in [0.4, 0.5) is 39.8 Å². The Morgan fingerprint density at radius 2 is 1.61 bits per heavy atom. The van der Waals surface area contributed by atoms with Crippen molar-refractivity contribution in [3.8, 4) is 34.5 Å². The van der Waals surface area contributed by atoms with Crippen molar-refractivity contribution in [1.82, 2.24) is 19.9 Å². The fourth-order valence-electron chi connectivity index (χ4n) is 8.94. The van der Waals surface area contributed by atoms with Crippen molar-refractivity contribution < 1.29 is 50.8 Å². The van der Waals surface area contributed by atoms with Crippen LogP contribution in [0.25, 0.3) is 22.2 Å². The minimum atomic E-state index is -5.02. The van der Waals surface area contributed by atoms with Crippen molar-refractivity contribution in [2.45, 2.75) is 96.8 Å². The number of halogens is 5. The zero-order valence-electron chi connectivity index (χ0n) is 40.8. The molecule has 0 unspecified atom stereocenters. The molecule has 19 heteroatoms. The van der Waals surface area contributed by atoms with Crippen molar-refractivity contribution in [3.63, 3.8) is 0 Å². The predicted octanol–water partition coefficient (Wildman–Crippen LogP) is 12.1. The quantitative estimate of drug-likeness (QED) is 0.0920. The summed E-state index contributed by atoms with van der Waals surface area (Å²) in [5, 5.41) is 2.27. The molecule has 2 aliphatic rings. The molecule has 1 aliphatic carbocycles. The molecule has 3 aromatic carbocycles. The van der Waals surface area contributed by atoms with Crippen molar-refractivity contribution in [2.24, 2.45) is 0 Å². The molecule has 0 saturated heterocycles. The average Bonchev–Trinajstić information content (AvgIpc) is 3.51. The largest absolute Gasteiger partial charge is 0.497 e. The van der Waals surface area contributed by atoms with E-state index in [0.717, 1.165) is 30.4 Å². The van der Waals surface area contributed by atoms with Gasteiger partial charge in [-0.15, -0.1) is 0 Å². The summed E-state index contributed by atoms with van der Waals surface area (Å²) in [5.74, 6) is 0.324. The van der Waals surface area contributed by atoms with Gasteiger partial charge in [-0.3, -0.25) is 5.32 Å². The van der Waals surface area contributed by atoms with E-state index in [1.807, 2.05) is 31.2 Å². The summed E-state index contributed by atoms with van der Waals surface area (Å²) in [5.41, 5.74) is -2.32. The van der Waals surface area contributed by atoms with Crippen LogP contribution in [0.2, 0.25) is 5.02 Å². The first-order valence-corrected chi connectivity index (χ1v) is 23.5. The Labute approximate surface area is 414 Å². The average molecular weight is 1000 g/mol. The van der Waals surface area contributed by atoms with E-state index in [1.165, 1.54) is 19.2 Å². The first-order valence-electron chi connectivity index (χ1n) is 23.2. The third-order valence-electron chi connectivity index (χ3n) is 12.8. The fraction of sp³-hybridized carbons (Fsp3) is 0.404. The third kappa shape index (κ3) is 11.0. The van der Waals surface area contributed by atoms with Gasteiger partial charge in [0.05, 0.1) is 66.2 Å². The Bertz CT molecular complexity index is 2840. The highest BCUT2D eigenvalue weighted by molar-refractivity contribution is 6.36. The molecule has 1 fully saturated rings. The maximum absolute atomic E-state index is 18.1. The van der Waals surface area contributed by atoms with Gasteiger partial charge in [-0.2, -0.15) is 23.1 Å². The number of aryl methyl sites for hydroxylation is 1. The Hall–Kier alpha value is -6.66. The van der Waals surface area contributed by atoms with E-state index in [1.54, 1.807) is 88.3 Å². The molecule has 0 radical (unpaired) electrons. The number of hydrogen-bond acceptors (Lipinski definition) is 13. The second kappa shape index (κ2) is 20.6. The highest BCUT2D eigenvalue weighted by Crippen LogP contribution is 2.51. The molecule has 71 heavy (non-hydrogen) atoms. The van der Waals surface area contributed by atoms with Gasteiger partial charge >= 0.3 is 18.3 Å². The summed E-state index contributed by atoms with van der Waals surface area (Å²) in [4.78, 5) is 35.1. The summed E-state index contributed by atoms with van der Waals surface area (Å²) in [6.45, 7) is 8.84. The maximum Gasteiger partial charge on any atom is 0.418 e. The Morgan fingerprint density at radius 1 is 0.958 bits per heavy atom. The van der Waals surface area contributed by atoms with Gasteiger partial charge < -0.3 is 38.2 Å². The summed E-state index contributed by atoms with van der Waals surface area (Å²) in [7, 11) is 4.74. The molecule has 1 saturated carbocycles. The number of nitrogens with one attached hydrogen (secondary N) is 1. The van der Waals surface area contributed by atoms with Crippen LogP contribution in [-0.2, 0) is 28.7 Å². The summed E-state index contributed by atoms with van der Waals surface area (Å²) >= 11 is 7.22. The van der Waals surface area contributed by atoms with Gasteiger partial charge in [0.25, 0.3) is 0 Å². The van der Waals surface area contributed by atoms with Crippen LogP contribution >= 0.6 is 11.6 Å². The lowest BCUT2D eigenvalue weighted by atomic mass is 9.78. The molecule has 6 aromatic rings. The number of pyridine rings is 2. The van der Waals surface area contributed by atoms with Crippen molar-refractivity contribution in [2.75, 3.05) is 56.2 Å². The standard InChI is InChI=1S/C52H56ClF4N7O7/c1-30-27-37(63(28-32-12-16-34(66-6)17-13-32)29-33-14-18-35(67-7)19-15-33)59-43(40(30)52(55,56)57)38-41(53)45-39-44(42(38)54)60-48(70-25-22-51(68-8)20-10-21-51)62-47(39)64(24-26-69-45)31(2)36-11-9-23-58-46(36)61-49(65)71-50(3,4)5/h9,11-19,23,27,31H,10,20-22,24-26,28-29H2,1-8H3,(H,58,61,65)/t31-/m1/s1. The SMILES string of the molecule is COc1ccc(CN(Cc2ccc(OC)cc2)c2cc(C)c(C(F)(F)F)c(-c3c(Cl)c4c5c(nc(OCCC6(OC)CCC6)nc5c3F)N([C@H](C)c3cccnc3NC(=O)OC(C)(C)C)CCO4)n2)cc1. The van der Waals surface area contributed by atoms with E-state index in [2.05, 4.69) is 20.3 Å². The van der Waals surface area contributed by atoms with Gasteiger partial charge in [0.2, 0.25) is 0 Å². The zero-order valence-corrected chi connectivity index (χ0v) is 41.6. The minimum Gasteiger partial charge on any atom is -0.497 e. The molecule has 3 aromatic heterocycles. The summed E-state index contributed by atoms with van der Waals surface area (Å²) < 4.78 is 99.3. The number of anilines is 3. The van der Waals surface area contributed by atoms with Crippen molar-refractivity contribution in [3.05, 3.63) is 112 Å². The molecule has 1 atom stereocenters. The van der Waals surface area contributed by atoms with E-state index in [4.69, 9.17) is 45.0 Å². The molecule has 376 valence electrons. The Kier molecular flexibility index (Phi) is 14.7. The molecule has 8 rings (SSSR count). The van der Waals surface area contributed by atoms with Gasteiger partial charge in [0.1, 0.15) is 46.7 Å². The number of methoxy groups -OCH3 is 3. The number of nitrogens with zero attached hydrogens (tertiary/aromatic N) is 6. The van der Waals surface area contributed by atoms with E-state index in [-0.39, 0.29) is 73.0 Å². The number of aromatic nitrogens is 4. The van der Waals surface area contributed by atoms with E-state index in [9.17, 15) is 4.79 Å². The van der Waals surface area contributed by atoms with Gasteiger partial charge in [-0.25, -0.2) is 19.2 Å². The van der Waals surface area contributed by atoms with E-state index < -0.39 is 62.7 Å². The number of benzene rings is 3. The van der Waals surface area contributed by atoms with Crippen molar-refractivity contribution in [1.29, 1.82) is 0 Å². The lowest BCUT2D eigenvalue weighted by molar-refractivity contribution is -0.137. The Morgan fingerprint density at radius 3 is 2.17 bits per heavy atom. The lowest BCUT2D eigenvalue weighted by Gasteiger charge is -2.40. The highest BCUT2D eigenvalue weighted by Gasteiger charge is 2.41. The van der Waals surface area contributed by atoms with Crippen LogP contribution < -0.4 is 34.1 Å². The Balaban J connectivity index is 1.30. The van der Waals surface area contributed by atoms with Gasteiger partial charge in [-0.1, -0.05) is 41.9 Å². The molecule has 14 nitrogen and oxygen atoms in total. The van der Waals surface area contributed by atoms with Crippen LogP contribution in [0.1, 0.15) is 87.2 Å². The van der Waals surface area contributed by atoms with Gasteiger partial charge in [-0.05, 0) is 107 Å². The number of rotatable bonds is 16. The van der Waals surface area contributed by atoms with Crippen LogP contribution in [0.3, 0.4) is 0 Å². The van der Waals surface area contributed by atoms with Crippen LogP contribution in [-0.4, -0.2) is 78.3 Å². The molecule has 0 spiro atoms. The van der Waals surface area contributed by atoms with Crippen molar-refractivity contribution >= 4 is 46.1 Å². The predicted molar refractivity (Wildman–Crippen MR) is 262 cm³/mol. The highest BCUT2D eigenvalue weighted by atomic mass is 35.5. The number of alkyl halides is 3. The van der Waals surface area contributed by atoms with E-state index in [0.29, 0.717) is 23.5 Å². The molecule has 1 amide bonds. The molecular weight excluding hydrogens is 946 g/mol.